The molecule has 2 rings (SSSR count). The number of nitrogens with one attached hydrogen (secondary N) is 1. The number of ether oxygens (including phenoxy) is 2. The maximum Gasteiger partial charge on any atom is 0.262 e. The van der Waals surface area contributed by atoms with Crippen LogP contribution >= 0.6 is 0 Å². The molecule has 0 aromatic heterocycles. The summed E-state index contributed by atoms with van der Waals surface area (Å²) in [5, 5.41) is 2.65. The van der Waals surface area contributed by atoms with E-state index in [1.54, 1.807) is 18.2 Å². The number of rotatable bonds is 8. The molecule has 0 fully saturated rings. The average molecular weight is 363 g/mol. The summed E-state index contributed by atoms with van der Waals surface area (Å²) < 4.78 is 33.9. The first-order chi connectivity index (χ1) is 11.9. The standard InChI is InChI=1S/C18H21NO5S/c1-3-12-23-16-6-4-5-7-17(16)24-13-18(20)19-14-8-10-15(11-9-14)25(2,21)22/h4-11H,3,12-13H2,1-2H3,(H,19,20). The normalized spacial score (nSPS) is 11.0. The number of amides is 1. The maximum absolute atomic E-state index is 12.0. The molecule has 6 nitrogen and oxygen atoms in total. The highest BCUT2D eigenvalue weighted by atomic mass is 32.2. The van der Waals surface area contributed by atoms with E-state index in [9.17, 15) is 13.2 Å². The van der Waals surface area contributed by atoms with Gasteiger partial charge in [0.2, 0.25) is 0 Å². The lowest BCUT2D eigenvalue weighted by Gasteiger charge is -2.12. The fourth-order valence-electron chi connectivity index (χ4n) is 2.03. The lowest BCUT2D eigenvalue weighted by Crippen LogP contribution is -2.20. The Labute approximate surface area is 147 Å². The van der Waals surface area contributed by atoms with E-state index < -0.39 is 9.84 Å². The molecule has 0 heterocycles. The smallest absolute Gasteiger partial charge is 0.262 e. The Morgan fingerprint density at radius 2 is 1.60 bits per heavy atom. The fraction of sp³-hybridized carbons (Fsp3) is 0.278. The zero-order valence-electron chi connectivity index (χ0n) is 14.2. The van der Waals surface area contributed by atoms with Crippen LogP contribution in [0.3, 0.4) is 0 Å². The van der Waals surface area contributed by atoms with Crippen molar-refractivity contribution in [1.82, 2.24) is 0 Å². The highest BCUT2D eigenvalue weighted by Crippen LogP contribution is 2.26. The second-order valence-corrected chi connectivity index (χ2v) is 7.44. The van der Waals surface area contributed by atoms with Crippen LogP contribution in [0, 0.1) is 0 Å². The van der Waals surface area contributed by atoms with E-state index in [2.05, 4.69) is 5.32 Å². The number of carbonyl (C=O) groups is 1. The third-order valence-electron chi connectivity index (χ3n) is 3.24. The Balaban J connectivity index is 1.93. The predicted molar refractivity (Wildman–Crippen MR) is 95.9 cm³/mol. The highest BCUT2D eigenvalue weighted by molar-refractivity contribution is 7.90. The van der Waals surface area contributed by atoms with E-state index in [-0.39, 0.29) is 17.4 Å². The van der Waals surface area contributed by atoms with Gasteiger partial charge in [-0.3, -0.25) is 4.79 Å². The molecule has 0 unspecified atom stereocenters. The first-order valence-electron chi connectivity index (χ1n) is 7.84. The molecule has 1 N–H and O–H groups in total. The van der Waals surface area contributed by atoms with Crippen LogP contribution in [0.4, 0.5) is 5.69 Å². The summed E-state index contributed by atoms with van der Waals surface area (Å²) in [5.41, 5.74) is 0.497. The van der Waals surface area contributed by atoms with Crippen molar-refractivity contribution in [2.24, 2.45) is 0 Å². The van der Waals surface area contributed by atoms with Gasteiger partial charge in [0.1, 0.15) is 0 Å². The molecule has 1 amide bonds. The third kappa shape index (κ3) is 5.79. The van der Waals surface area contributed by atoms with E-state index in [4.69, 9.17) is 9.47 Å². The second-order valence-electron chi connectivity index (χ2n) is 5.43. The summed E-state index contributed by atoms with van der Waals surface area (Å²) in [6.45, 7) is 2.39. The molecule has 0 saturated carbocycles. The second kappa shape index (κ2) is 8.53. The van der Waals surface area contributed by atoms with Crippen LogP contribution in [0.2, 0.25) is 0 Å². The van der Waals surface area contributed by atoms with Crippen molar-refractivity contribution in [2.45, 2.75) is 18.2 Å². The predicted octanol–water partition coefficient (Wildman–Crippen LogP) is 2.90. The summed E-state index contributed by atoms with van der Waals surface area (Å²) >= 11 is 0. The van der Waals surface area contributed by atoms with Crippen LogP contribution in [0.5, 0.6) is 11.5 Å². The van der Waals surface area contributed by atoms with Crippen molar-refractivity contribution < 1.29 is 22.7 Å². The number of hydrogen-bond donors (Lipinski definition) is 1. The largest absolute Gasteiger partial charge is 0.490 e. The van der Waals surface area contributed by atoms with E-state index >= 15 is 0 Å². The minimum atomic E-state index is -3.26. The minimum absolute atomic E-state index is 0.180. The number of anilines is 1. The monoisotopic (exact) mass is 363 g/mol. The molecule has 25 heavy (non-hydrogen) atoms. The van der Waals surface area contributed by atoms with E-state index in [1.165, 1.54) is 24.3 Å². The molecule has 0 spiro atoms. The minimum Gasteiger partial charge on any atom is -0.490 e. The van der Waals surface area contributed by atoms with Gasteiger partial charge < -0.3 is 14.8 Å². The van der Waals surface area contributed by atoms with Crippen LogP contribution in [-0.2, 0) is 14.6 Å². The van der Waals surface area contributed by atoms with Gasteiger partial charge in [-0.05, 0) is 42.8 Å². The summed E-state index contributed by atoms with van der Waals surface area (Å²) in [6, 6.07) is 13.1. The highest BCUT2D eigenvalue weighted by Gasteiger charge is 2.09. The number of carbonyl (C=O) groups excluding carboxylic acids is 1. The molecular weight excluding hydrogens is 342 g/mol. The summed E-state index contributed by atoms with van der Waals surface area (Å²) in [7, 11) is -3.26. The molecule has 134 valence electrons. The van der Waals surface area contributed by atoms with Crippen LogP contribution in [0.1, 0.15) is 13.3 Å². The van der Waals surface area contributed by atoms with Crippen molar-refractivity contribution >= 4 is 21.4 Å². The van der Waals surface area contributed by atoms with Crippen molar-refractivity contribution in [1.29, 1.82) is 0 Å². The van der Waals surface area contributed by atoms with E-state index in [0.717, 1.165) is 12.7 Å². The molecule has 0 aliphatic rings. The van der Waals surface area contributed by atoms with Gasteiger partial charge in [0.15, 0.2) is 27.9 Å². The molecule has 0 aliphatic heterocycles. The van der Waals surface area contributed by atoms with Gasteiger partial charge in [-0.15, -0.1) is 0 Å². The quantitative estimate of drug-likeness (QED) is 0.780. The summed E-state index contributed by atoms with van der Waals surface area (Å²) in [5.74, 6) is 0.741. The number of sulfone groups is 1. The van der Waals surface area contributed by atoms with Gasteiger partial charge in [-0.2, -0.15) is 0 Å². The third-order valence-corrected chi connectivity index (χ3v) is 4.36. The summed E-state index contributed by atoms with van der Waals surface area (Å²) in [6.07, 6.45) is 2.00. The summed E-state index contributed by atoms with van der Waals surface area (Å²) in [4.78, 5) is 12.2. The van der Waals surface area contributed by atoms with Gasteiger partial charge in [0.05, 0.1) is 11.5 Å². The lowest BCUT2D eigenvalue weighted by atomic mass is 10.3. The zero-order chi connectivity index (χ0) is 18.3. The fourth-order valence-corrected chi connectivity index (χ4v) is 2.66. The Hall–Kier alpha value is -2.54. The zero-order valence-corrected chi connectivity index (χ0v) is 15.0. The SMILES string of the molecule is CCCOc1ccccc1OCC(=O)Nc1ccc(S(C)(=O)=O)cc1. The molecule has 2 aromatic rings. The Bertz CT molecular complexity index is 816. The molecular formula is C18H21NO5S. The molecule has 2 aromatic carbocycles. The Morgan fingerprint density at radius 1 is 1.00 bits per heavy atom. The van der Waals surface area contributed by atoms with Crippen molar-refractivity contribution in [2.75, 3.05) is 24.8 Å². The molecule has 0 saturated heterocycles. The van der Waals surface area contributed by atoms with E-state index in [0.29, 0.717) is 23.8 Å². The van der Waals surface area contributed by atoms with Crippen LogP contribution in [0.25, 0.3) is 0 Å². The van der Waals surface area contributed by atoms with Gasteiger partial charge in [-0.1, -0.05) is 19.1 Å². The number of hydrogen-bond acceptors (Lipinski definition) is 5. The maximum atomic E-state index is 12.0. The Morgan fingerprint density at radius 3 is 2.16 bits per heavy atom. The van der Waals surface area contributed by atoms with Gasteiger partial charge in [-0.25, -0.2) is 8.42 Å². The number of benzene rings is 2. The van der Waals surface area contributed by atoms with Gasteiger partial charge >= 0.3 is 0 Å². The average Bonchev–Trinajstić information content (AvgIpc) is 2.58. The van der Waals surface area contributed by atoms with E-state index in [1.807, 2.05) is 13.0 Å². The van der Waals surface area contributed by atoms with Crippen molar-refractivity contribution in [3.05, 3.63) is 48.5 Å². The molecule has 0 bridgehead atoms. The first-order valence-corrected chi connectivity index (χ1v) is 9.74. The first kappa shape index (κ1) is 18.8. The molecule has 0 atom stereocenters. The van der Waals surface area contributed by atoms with Crippen LogP contribution in [-0.4, -0.2) is 33.8 Å². The van der Waals surface area contributed by atoms with Crippen LogP contribution in [0.15, 0.2) is 53.4 Å². The number of para-hydroxylation sites is 2. The van der Waals surface area contributed by atoms with Crippen molar-refractivity contribution in [3.8, 4) is 11.5 Å². The molecule has 7 heteroatoms. The molecule has 0 aliphatic carbocycles. The van der Waals surface area contributed by atoms with Gasteiger partial charge in [0.25, 0.3) is 5.91 Å². The van der Waals surface area contributed by atoms with Gasteiger partial charge in [0, 0.05) is 11.9 Å². The van der Waals surface area contributed by atoms with Crippen LogP contribution < -0.4 is 14.8 Å². The molecule has 0 radical (unpaired) electrons. The topological polar surface area (TPSA) is 81.7 Å². The Kier molecular flexibility index (Phi) is 6.41. The lowest BCUT2D eigenvalue weighted by molar-refractivity contribution is -0.118. The van der Waals surface area contributed by atoms with Crippen molar-refractivity contribution in [3.63, 3.8) is 0 Å².